The number of hydrogen-bond donors (Lipinski definition) is 2. The molecule has 4 nitrogen and oxygen atoms in total. The first kappa shape index (κ1) is 12.9. The van der Waals surface area contributed by atoms with Gasteiger partial charge in [0.2, 0.25) is 0 Å². The third kappa shape index (κ3) is 2.32. The molecule has 0 aliphatic carbocycles. The molecule has 0 spiro atoms. The van der Waals surface area contributed by atoms with Crippen LogP contribution in [0.3, 0.4) is 0 Å². The fraction of sp³-hybridized carbons (Fsp3) is 0.200. The Morgan fingerprint density at radius 1 is 1.30 bits per heavy atom. The minimum Gasteiger partial charge on any atom is -0.378 e. The molecule has 20 heavy (non-hydrogen) atoms. The Balaban J connectivity index is 1.86. The van der Waals surface area contributed by atoms with Crippen molar-refractivity contribution in [3.8, 4) is 0 Å². The van der Waals surface area contributed by atoms with Crippen LogP contribution >= 0.6 is 11.3 Å². The van der Waals surface area contributed by atoms with Crippen molar-refractivity contribution >= 4 is 27.2 Å². The monoisotopic (exact) mass is 285 g/mol. The number of benzene rings is 1. The van der Waals surface area contributed by atoms with Crippen LogP contribution in [0.5, 0.6) is 0 Å². The van der Waals surface area contributed by atoms with E-state index in [1.807, 2.05) is 23.6 Å². The van der Waals surface area contributed by atoms with E-state index in [9.17, 15) is 4.79 Å². The van der Waals surface area contributed by atoms with Gasteiger partial charge in [0.15, 0.2) is 0 Å². The average molecular weight is 285 g/mol. The van der Waals surface area contributed by atoms with Gasteiger partial charge in [-0.2, -0.15) is 0 Å². The number of aryl methyl sites for hydroxylation is 1. The number of fused-ring (bicyclic) bond motifs is 1. The van der Waals surface area contributed by atoms with Crippen LogP contribution in [0.15, 0.2) is 34.4 Å². The van der Waals surface area contributed by atoms with E-state index in [-0.39, 0.29) is 5.56 Å². The Kier molecular flexibility index (Phi) is 3.28. The quantitative estimate of drug-likeness (QED) is 0.777. The van der Waals surface area contributed by atoms with Crippen LogP contribution < -0.4 is 10.9 Å². The first-order valence-electron chi connectivity index (χ1n) is 6.41. The van der Waals surface area contributed by atoms with Crippen LogP contribution in [-0.2, 0) is 6.54 Å². The largest absolute Gasteiger partial charge is 0.378 e. The van der Waals surface area contributed by atoms with Gasteiger partial charge in [-0.15, -0.1) is 11.3 Å². The second-order valence-corrected chi connectivity index (χ2v) is 5.66. The molecule has 0 amide bonds. The van der Waals surface area contributed by atoms with E-state index in [0.29, 0.717) is 17.1 Å². The summed E-state index contributed by atoms with van der Waals surface area (Å²) in [5.74, 6) is 0.654. The van der Waals surface area contributed by atoms with Gasteiger partial charge in [0, 0.05) is 5.69 Å². The molecule has 0 unspecified atom stereocenters. The van der Waals surface area contributed by atoms with Gasteiger partial charge < -0.3 is 10.3 Å². The molecular formula is C15H15N3OS. The van der Waals surface area contributed by atoms with E-state index in [4.69, 9.17) is 0 Å². The predicted octanol–water partition coefficient (Wildman–Crippen LogP) is 3.21. The Bertz CT molecular complexity index is 819. The molecule has 5 heteroatoms. The van der Waals surface area contributed by atoms with Crippen LogP contribution in [0, 0.1) is 13.8 Å². The molecule has 0 aliphatic rings. The standard InChI is InChI=1S/C15H15N3OS/c1-9-4-3-5-11(10(9)2)16-8-13-17-12-6-7-20-14(12)15(19)18-13/h3-7,16H,8H2,1-2H3,(H,17,18,19). The first-order valence-corrected chi connectivity index (χ1v) is 7.29. The molecule has 0 fully saturated rings. The Hall–Kier alpha value is -2.14. The zero-order valence-corrected chi connectivity index (χ0v) is 12.2. The molecule has 0 aliphatic heterocycles. The van der Waals surface area contributed by atoms with Gasteiger partial charge in [-0.25, -0.2) is 4.98 Å². The summed E-state index contributed by atoms with van der Waals surface area (Å²) in [4.78, 5) is 19.2. The van der Waals surface area contributed by atoms with Gasteiger partial charge in [0.1, 0.15) is 10.5 Å². The minimum absolute atomic E-state index is 0.0669. The third-order valence-corrected chi connectivity index (χ3v) is 4.32. The summed E-state index contributed by atoms with van der Waals surface area (Å²) >= 11 is 1.41. The molecule has 102 valence electrons. The van der Waals surface area contributed by atoms with Gasteiger partial charge in [-0.1, -0.05) is 12.1 Å². The number of nitrogens with one attached hydrogen (secondary N) is 2. The highest BCUT2D eigenvalue weighted by Gasteiger charge is 2.06. The van der Waals surface area contributed by atoms with E-state index in [0.717, 1.165) is 11.2 Å². The summed E-state index contributed by atoms with van der Waals surface area (Å²) in [6.45, 7) is 4.67. The van der Waals surface area contributed by atoms with Crippen molar-refractivity contribution < 1.29 is 0 Å². The third-order valence-electron chi connectivity index (χ3n) is 3.41. The maximum absolute atomic E-state index is 11.9. The molecule has 2 heterocycles. The van der Waals surface area contributed by atoms with Crippen molar-refractivity contribution in [1.29, 1.82) is 0 Å². The van der Waals surface area contributed by atoms with Gasteiger partial charge in [-0.3, -0.25) is 4.79 Å². The van der Waals surface area contributed by atoms with Crippen LogP contribution in [0.1, 0.15) is 17.0 Å². The highest BCUT2D eigenvalue weighted by atomic mass is 32.1. The lowest BCUT2D eigenvalue weighted by atomic mass is 10.1. The smallest absolute Gasteiger partial charge is 0.268 e. The number of nitrogens with zero attached hydrogens (tertiary/aromatic N) is 1. The first-order chi connectivity index (χ1) is 9.65. The molecule has 0 bridgehead atoms. The fourth-order valence-electron chi connectivity index (χ4n) is 2.13. The second kappa shape index (κ2) is 5.09. The molecule has 0 saturated carbocycles. The van der Waals surface area contributed by atoms with Gasteiger partial charge in [0.25, 0.3) is 5.56 Å². The molecule has 3 aromatic rings. The lowest BCUT2D eigenvalue weighted by Gasteiger charge is -2.10. The summed E-state index contributed by atoms with van der Waals surface area (Å²) < 4.78 is 0.681. The highest BCUT2D eigenvalue weighted by Crippen LogP contribution is 2.19. The number of rotatable bonds is 3. The van der Waals surface area contributed by atoms with Crippen molar-refractivity contribution in [3.63, 3.8) is 0 Å². The fourth-order valence-corrected chi connectivity index (χ4v) is 2.85. The van der Waals surface area contributed by atoms with Crippen molar-refractivity contribution in [2.75, 3.05) is 5.32 Å². The molecule has 3 rings (SSSR count). The maximum Gasteiger partial charge on any atom is 0.268 e. The lowest BCUT2D eigenvalue weighted by molar-refractivity contribution is 0.953. The molecule has 2 aromatic heterocycles. The molecule has 1 aromatic carbocycles. The van der Waals surface area contributed by atoms with E-state index in [1.54, 1.807) is 0 Å². The maximum atomic E-state index is 11.9. The van der Waals surface area contributed by atoms with E-state index < -0.39 is 0 Å². The molecule has 2 N–H and O–H groups in total. The van der Waals surface area contributed by atoms with Crippen LogP contribution in [0.4, 0.5) is 5.69 Å². The van der Waals surface area contributed by atoms with Crippen molar-refractivity contribution in [2.24, 2.45) is 0 Å². The summed E-state index contributed by atoms with van der Waals surface area (Å²) in [6.07, 6.45) is 0. The number of aromatic nitrogens is 2. The number of thiophene rings is 1. The number of hydrogen-bond acceptors (Lipinski definition) is 4. The average Bonchev–Trinajstić information content (AvgIpc) is 2.89. The van der Waals surface area contributed by atoms with Crippen molar-refractivity contribution in [2.45, 2.75) is 20.4 Å². The van der Waals surface area contributed by atoms with Crippen LogP contribution in [0.25, 0.3) is 10.2 Å². The molecule has 0 saturated heterocycles. The molecular weight excluding hydrogens is 270 g/mol. The highest BCUT2D eigenvalue weighted by molar-refractivity contribution is 7.17. The number of H-pyrrole nitrogens is 1. The van der Waals surface area contributed by atoms with Crippen molar-refractivity contribution in [1.82, 2.24) is 9.97 Å². The van der Waals surface area contributed by atoms with Gasteiger partial charge >= 0.3 is 0 Å². The Morgan fingerprint density at radius 3 is 3.00 bits per heavy atom. The van der Waals surface area contributed by atoms with Crippen LogP contribution in [0.2, 0.25) is 0 Å². The second-order valence-electron chi connectivity index (χ2n) is 4.75. The zero-order chi connectivity index (χ0) is 14.1. The zero-order valence-electron chi connectivity index (χ0n) is 11.4. The number of aromatic amines is 1. The SMILES string of the molecule is Cc1cccc(NCc2nc3ccsc3c(=O)[nH]2)c1C. The van der Waals surface area contributed by atoms with Crippen molar-refractivity contribution in [3.05, 3.63) is 57.0 Å². The predicted molar refractivity (Wildman–Crippen MR) is 83.5 cm³/mol. The Morgan fingerprint density at radius 2 is 2.15 bits per heavy atom. The summed E-state index contributed by atoms with van der Waals surface area (Å²) in [5, 5.41) is 5.21. The Labute approximate surface area is 120 Å². The molecule has 0 atom stereocenters. The van der Waals surface area contributed by atoms with Crippen LogP contribution in [-0.4, -0.2) is 9.97 Å². The van der Waals surface area contributed by atoms with Gasteiger partial charge in [0.05, 0.1) is 12.1 Å². The van der Waals surface area contributed by atoms with E-state index >= 15 is 0 Å². The van der Waals surface area contributed by atoms with E-state index in [2.05, 4.69) is 35.2 Å². The van der Waals surface area contributed by atoms with Gasteiger partial charge in [-0.05, 0) is 42.5 Å². The lowest BCUT2D eigenvalue weighted by Crippen LogP contribution is -2.13. The minimum atomic E-state index is -0.0669. The normalized spacial score (nSPS) is 10.9. The molecule has 0 radical (unpaired) electrons. The summed E-state index contributed by atoms with van der Waals surface area (Å²) in [7, 11) is 0. The van der Waals surface area contributed by atoms with E-state index in [1.165, 1.54) is 22.5 Å². The topological polar surface area (TPSA) is 57.8 Å². The summed E-state index contributed by atoms with van der Waals surface area (Å²) in [5.41, 5.74) is 4.22. The summed E-state index contributed by atoms with van der Waals surface area (Å²) in [6, 6.07) is 8.00. The number of anilines is 1.